The van der Waals surface area contributed by atoms with Crippen molar-refractivity contribution in [1.82, 2.24) is 0 Å². The van der Waals surface area contributed by atoms with Gasteiger partial charge in [0.15, 0.2) is 0 Å². The van der Waals surface area contributed by atoms with Crippen molar-refractivity contribution in [2.24, 2.45) is 46.3 Å². The lowest BCUT2D eigenvalue weighted by Gasteiger charge is -2.62. The van der Waals surface area contributed by atoms with Gasteiger partial charge in [-0.1, -0.05) is 40.5 Å². The van der Waals surface area contributed by atoms with Gasteiger partial charge < -0.3 is 15.3 Å². The van der Waals surface area contributed by atoms with Crippen LogP contribution in [0.5, 0.6) is 0 Å². The Morgan fingerprint density at radius 2 is 1.63 bits per heavy atom. The normalized spacial score (nSPS) is 53.4. The topological polar surface area (TPSA) is 60.7 Å². The van der Waals surface area contributed by atoms with Crippen LogP contribution in [0.3, 0.4) is 0 Å². The molecule has 3 heteroatoms. The molecule has 0 bridgehead atoms. The van der Waals surface area contributed by atoms with E-state index >= 15 is 0 Å². The Hall–Kier alpha value is -0.120. The zero-order valence-electron chi connectivity index (χ0n) is 23.8. The zero-order valence-corrected chi connectivity index (χ0v) is 19.8. The van der Waals surface area contributed by atoms with Crippen LogP contribution in [0.4, 0.5) is 0 Å². The van der Waals surface area contributed by atoms with Crippen LogP contribution in [-0.2, 0) is 0 Å². The highest BCUT2D eigenvalue weighted by Gasteiger charge is 2.63. The molecule has 4 fully saturated rings. The number of hydrogen-bond acceptors (Lipinski definition) is 3. The monoisotopic (exact) mass is 424 g/mol. The molecule has 4 rings (SSSR count). The second-order valence-electron chi connectivity index (χ2n) is 12.4. The van der Waals surface area contributed by atoms with Crippen molar-refractivity contribution in [2.75, 3.05) is 0 Å². The largest absolute Gasteiger partial charge is 0.393 e. The van der Waals surface area contributed by atoms with Crippen LogP contribution >= 0.6 is 0 Å². The number of aliphatic hydroxyl groups excluding tert-OH is 2. The molecule has 4 aliphatic rings. The van der Waals surface area contributed by atoms with Gasteiger partial charge in [-0.3, -0.25) is 0 Å². The fourth-order valence-corrected chi connectivity index (χ4v) is 8.72. The molecule has 0 spiro atoms. The lowest BCUT2D eigenvalue weighted by atomic mass is 9.43. The van der Waals surface area contributed by atoms with E-state index in [1.54, 1.807) is 6.92 Å². The Morgan fingerprint density at radius 1 is 0.967 bits per heavy atom. The van der Waals surface area contributed by atoms with Crippen molar-refractivity contribution >= 4 is 0 Å². The minimum atomic E-state index is -2.37. The zero-order chi connectivity index (χ0) is 25.5. The standard InChI is InChI=1S/C27H48O3/c1-17(2)7-6-12-27(5,30)24-9-8-20-19-16-23(29)22-15-18(28)10-13-25(22,3)21(19)11-14-26(20,24)4/h17-24,28-30H,6-16H2,1-5H3/t18-,19-,20-,21-,22+,23-,24-,25+,26-,27+/m0/s1/i6D2,12D2. The minimum absolute atomic E-state index is 0.00495. The van der Waals surface area contributed by atoms with Gasteiger partial charge in [-0.15, -0.1) is 0 Å². The fourth-order valence-electron chi connectivity index (χ4n) is 8.72. The molecule has 0 radical (unpaired) electrons. The summed E-state index contributed by atoms with van der Waals surface area (Å²) in [7, 11) is 0. The first-order valence-corrected chi connectivity index (χ1v) is 12.6. The van der Waals surface area contributed by atoms with Crippen LogP contribution in [0.15, 0.2) is 0 Å². The smallest absolute Gasteiger partial charge is 0.0653 e. The maximum absolute atomic E-state index is 11.8. The molecule has 0 unspecified atom stereocenters. The quantitative estimate of drug-likeness (QED) is 0.542. The molecule has 0 aromatic carbocycles. The first kappa shape index (κ1) is 18.3. The predicted molar refractivity (Wildman–Crippen MR) is 122 cm³/mol. The first-order valence-electron chi connectivity index (χ1n) is 14.6. The number of hydrogen-bond donors (Lipinski definition) is 3. The highest BCUT2D eigenvalue weighted by Crippen LogP contribution is 2.68. The summed E-state index contributed by atoms with van der Waals surface area (Å²) in [6, 6.07) is 0. The van der Waals surface area contributed by atoms with Gasteiger partial charge in [-0.25, -0.2) is 0 Å². The van der Waals surface area contributed by atoms with E-state index in [0.29, 0.717) is 30.6 Å². The lowest BCUT2D eigenvalue weighted by molar-refractivity contribution is -0.179. The van der Waals surface area contributed by atoms with Crippen LogP contribution in [0.2, 0.25) is 0 Å². The van der Waals surface area contributed by atoms with Gasteiger partial charge in [0.1, 0.15) is 0 Å². The summed E-state index contributed by atoms with van der Waals surface area (Å²) >= 11 is 0. The highest BCUT2D eigenvalue weighted by atomic mass is 16.3. The van der Waals surface area contributed by atoms with E-state index in [1.165, 1.54) is 0 Å². The van der Waals surface area contributed by atoms with Crippen LogP contribution in [0.1, 0.15) is 111 Å². The van der Waals surface area contributed by atoms with E-state index in [-0.39, 0.29) is 41.1 Å². The third-order valence-corrected chi connectivity index (χ3v) is 10.2. The average Bonchev–Trinajstić information content (AvgIpc) is 3.06. The van der Waals surface area contributed by atoms with Gasteiger partial charge in [0.05, 0.1) is 17.8 Å². The van der Waals surface area contributed by atoms with E-state index in [9.17, 15) is 15.3 Å². The summed E-state index contributed by atoms with van der Waals surface area (Å²) in [5, 5.41) is 33.3. The van der Waals surface area contributed by atoms with Crippen molar-refractivity contribution in [2.45, 2.75) is 123 Å². The molecule has 4 aliphatic carbocycles. The van der Waals surface area contributed by atoms with E-state index < -0.39 is 24.5 Å². The Bertz CT molecular complexity index is 771. The van der Waals surface area contributed by atoms with Crippen molar-refractivity contribution in [3.8, 4) is 0 Å². The average molecular weight is 425 g/mol. The summed E-state index contributed by atoms with van der Waals surface area (Å²) in [6.07, 6.45) is 1.51. The van der Waals surface area contributed by atoms with Crippen molar-refractivity contribution in [1.29, 1.82) is 0 Å². The van der Waals surface area contributed by atoms with Gasteiger partial charge >= 0.3 is 0 Å². The SMILES string of the molecule is [2H]C([2H])(CC(C)C)C([2H])([2H])[C@@](C)(O)[C@H]1CC[C@H]2[C@@H]3C[C@H](O)[C@H]4C[C@@H](O)CC[C@]4(C)[C@H]3CC[C@@]21C. The number of fused-ring (bicyclic) bond motifs is 5. The van der Waals surface area contributed by atoms with E-state index in [0.717, 1.165) is 38.5 Å². The first-order chi connectivity index (χ1) is 15.5. The maximum Gasteiger partial charge on any atom is 0.0653 e. The summed E-state index contributed by atoms with van der Waals surface area (Å²) in [6.45, 7) is 9.87. The second-order valence-corrected chi connectivity index (χ2v) is 12.4. The molecule has 30 heavy (non-hydrogen) atoms. The van der Waals surface area contributed by atoms with Crippen LogP contribution in [-0.4, -0.2) is 33.1 Å². The molecule has 0 aliphatic heterocycles. The summed E-state index contributed by atoms with van der Waals surface area (Å²) in [5.41, 5.74) is -2.04. The molecule has 10 atom stereocenters. The Balaban J connectivity index is 1.63. The van der Waals surface area contributed by atoms with E-state index in [2.05, 4.69) is 13.8 Å². The fraction of sp³-hybridized carbons (Fsp3) is 1.00. The van der Waals surface area contributed by atoms with Gasteiger partial charge in [-0.2, -0.15) is 0 Å². The molecular weight excluding hydrogens is 372 g/mol. The predicted octanol–water partition coefficient (Wildman–Crippen LogP) is 5.55. The van der Waals surface area contributed by atoms with Crippen molar-refractivity contribution in [3.05, 3.63) is 0 Å². The molecule has 0 aromatic rings. The van der Waals surface area contributed by atoms with Crippen LogP contribution < -0.4 is 0 Å². The van der Waals surface area contributed by atoms with Gasteiger partial charge in [0.2, 0.25) is 0 Å². The second kappa shape index (κ2) is 8.03. The van der Waals surface area contributed by atoms with Crippen LogP contribution in [0.25, 0.3) is 0 Å². The van der Waals surface area contributed by atoms with Crippen LogP contribution in [0, 0.1) is 46.3 Å². The summed E-state index contributed by atoms with van der Waals surface area (Å²) in [4.78, 5) is 0. The van der Waals surface area contributed by atoms with E-state index in [1.807, 2.05) is 13.8 Å². The Morgan fingerprint density at radius 3 is 2.33 bits per heavy atom. The summed E-state index contributed by atoms with van der Waals surface area (Å²) in [5.74, 6) is 0.936. The highest BCUT2D eigenvalue weighted by molar-refractivity contribution is 5.13. The molecule has 0 aromatic heterocycles. The number of aliphatic hydroxyl groups is 3. The lowest BCUT2D eigenvalue weighted by Crippen LogP contribution is -2.59. The third kappa shape index (κ3) is 3.69. The minimum Gasteiger partial charge on any atom is -0.393 e. The molecule has 0 saturated heterocycles. The van der Waals surface area contributed by atoms with Gasteiger partial charge in [0, 0.05) is 5.48 Å². The molecular formula is C27H48O3. The molecule has 4 saturated carbocycles. The van der Waals surface area contributed by atoms with Crippen molar-refractivity contribution in [3.63, 3.8) is 0 Å². The van der Waals surface area contributed by atoms with Gasteiger partial charge in [-0.05, 0) is 111 Å². The molecule has 3 N–H and O–H groups in total. The van der Waals surface area contributed by atoms with Crippen molar-refractivity contribution < 1.29 is 20.8 Å². The Labute approximate surface area is 190 Å². The Kier molecular flexibility index (Phi) is 4.90. The molecule has 0 heterocycles. The molecule has 0 amide bonds. The summed E-state index contributed by atoms with van der Waals surface area (Å²) < 4.78 is 34.8. The molecule has 3 nitrogen and oxygen atoms in total. The third-order valence-electron chi connectivity index (χ3n) is 10.2. The maximum atomic E-state index is 11.8. The van der Waals surface area contributed by atoms with E-state index in [4.69, 9.17) is 5.48 Å². The van der Waals surface area contributed by atoms with Gasteiger partial charge in [0.25, 0.3) is 0 Å². The molecule has 174 valence electrons. The number of rotatable bonds is 5.